The van der Waals surface area contributed by atoms with Crippen molar-refractivity contribution in [1.82, 2.24) is 0 Å². The third-order valence-corrected chi connectivity index (χ3v) is 3.42. The molecule has 0 aliphatic rings. The van der Waals surface area contributed by atoms with Crippen molar-refractivity contribution in [3.05, 3.63) is 77.4 Å². The first-order valence-electron chi connectivity index (χ1n) is 7.63. The molecule has 0 unspecified atom stereocenters. The number of rotatable bonds is 6. The van der Waals surface area contributed by atoms with Crippen LogP contribution in [0.25, 0.3) is 12.2 Å². The fourth-order valence-corrected chi connectivity index (χ4v) is 2.15. The third-order valence-electron chi connectivity index (χ3n) is 3.42. The number of hydrogen-bond donors (Lipinski definition) is 1. The highest BCUT2D eigenvalue weighted by molar-refractivity contribution is 6.10. The summed E-state index contributed by atoms with van der Waals surface area (Å²) in [7, 11) is 0. The molecule has 0 aliphatic carbocycles. The van der Waals surface area contributed by atoms with E-state index in [2.05, 4.69) is 0 Å². The van der Waals surface area contributed by atoms with E-state index in [1.807, 2.05) is 0 Å². The SMILES string of the molecule is O=C(/C=C/c1ccc(O)cc1)CC(=O)/C=C/c1ccccc1C(F)(F)F. The maximum Gasteiger partial charge on any atom is 0.416 e. The molecule has 6 heteroatoms. The Morgan fingerprint density at radius 2 is 1.46 bits per heavy atom. The van der Waals surface area contributed by atoms with Gasteiger partial charge >= 0.3 is 6.18 Å². The Balaban J connectivity index is 1.99. The van der Waals surface area contributed by atoms with Gasteiger partial charge in [0.15, 0.2) is 11.6 Å². The lowest BCUT2D eigenvalue weighted by molar-refractivity contribution is -0.137. The van der Waals surface area contributed by atoms with Gasteiger partial charge in [-0.05, 0) is 41.5 Å². The Morgan fingerprint density at radius 3 is 2.08 bits per heavy atom. The average Bonchev–Trinajstić information content (AvgIpc) is 2.59. The first-order chi connectivity index (χ1) is 12.3. The van der Waals surface area contributed by atoms with Gasteiger partial charge in [0.2, 0.25) is 0 Å². The molecule has 0 aliphatic heterocycles. The number of carbonyl (C=O) groups is 2. The van der Waals surface area contributed by atoms with Gasteiger partial charge in [0.1, 0.15) is 5.75 Å². The first kappa shape index (κ1) is 19.2. The van der Waals surface area contributed by atoms with Crippen molar-refractivity contribution in [1.29, 1.82) is 0 Å². The van der Waals surface area contributed by atoms with Gasteiger partial charge in [0.05, 0.1) is 12.0 Å². The van der Waals surface area contributed by atoms with E-state index in [1.54, 1.807) is 12.1 Å². The highest BCUT2D eigenvalue weighted by Crippen LogP contribution is 2.32. The molecule has 0 amide bonds. The van der Waals surface area contributed by atoms with Crippen LogP contribution in [0.1, 0.15) is 23.1 Å². The number of ketones is 2. The highest BCUT2D eigenvalue weighted by atomic mass is 19.4. The van der Waals surface area contributed by atoms with Gasteiger partial charge in [-0.3, -0.25) is 9.59 Å². The van der Waals surface area contributed by atoms with E-state index < -0.39 is 29.7 Å². The molecule has 0 heterocycles. The number of allylic oxidation sites excluding steroid dienone is 2. The summed E-state index contributed by atoms with van der Waals surface area (Å²) in [6, 6.07) is 11.0. The van der Waals surface area contributed by atoms with E-state index in [0.717, 1.165) is 18.2 Å². The quantitative estimate of drug-likeness (QED) is 0.602. The summed E-state index contributed by atoms with van der Waals surface area (Å²) in [6.07, 6.45) is -0.246. The number of phenols is 1. The lowest BCUT2D eigenvalue weighted by Crippen LogP contribution is -2.07. The Labute approximate surface area is 148 Å². The molecule has 2 rings (SSSR count). The van der Waals surface area contributed by atoms with E-state index in [0.29, 0.717) is 5.56 Å². The second-order valence-electron chi connectivity index (χ2n) is 5.45. The summed E-state index contributed by atoms with van der Waals surface area (Å²) in [6.45, 7) is 0. The number of aromatic hydroxyl groups is 1. The Morgan fingerprint density at radius 1 is 0.885 bits per heavy atom. The standard InChI is InChI=1S/C20H15F3O3/c21-20(22,23)19-4-2-1-3-15(19)8-12-18(26)13-17(25)11-7-14-5-9-16(24)10-6-14/h1-12,24H,13H2/b11-7+,12-8+. The van der Waals surface area contributed by atoms with Crippen LogP contribution < -0.4 is 0 Å². The monoisotopic (exact) mass is 360 g/mol. The van der Waals surface area contributed by atoms with Gasteiger partial charge in [-0.1, -0.05) is 42.5 Å². The summed E-state index contributed by atoms with van der Waals surface area (Å²) >= 11 is 0. The van der Waals surface area contributed by atoms with Crippen molar-refractivity contribution in [3.8, 4) is 5.75 Å². The van der Waals surface area contributed by atoms with Crippen molar-refractivity contribution in [2.45, 2.75) is 12.6 Å². The van der Waals surface area contributed by atoms with E-state index in [4.69, 9.17) is 5.11 Å². The molecule has 0 saturated carbocycles. The zero-order valence-electron chi connectivity index (χ0n) is 13.5. The molecule has 3 nitrogen and oxygen atoms in total. The zero-order chi connectivity index (χ0) is 19.2. The van der Waals surface area contributed by atoms with E-state index in [-0.39, 0.29) is 11.3 Å². The van der Waals surface area contributed by atoms with Gasteiger partial charge < -0.3 is 5.11 Å². The number of benzene rings is 2. The van der Waals surface area contributed by atoms with Gasteiger partial charge in [-0.25, -0.2) is 0 Å². The Kier molecular flexibility index (Phi) is 6.11. The van der Waals surface area contributed by atoms with Crippen molar-refractivity contribution in [2.75, 3.05) is 0 Å². The minimum absolute atomic E-state index is 0.0907. The first-order valence-corrected chi connectivity index (χ1v) is 7.63. The van der Waals surface area contributed by atoms with Crippen LogP contribution in [0.5, 0.6) is 5.75 Å². The van der Waals surface area contributed by atoms with Gasteiger partial charge in [0, 0.05) is 0 Å². The Bertz CT molecular complexity index is 847. The normalized spacial score (nSPS) is 12.0. The van der Waals surface area contributed by atoms with Crippen LogP contribution in [0.15, 0.2) is 60.7 Å². The molecule has 2 aromatic carbocycles. The predicted molar refractivity (Wildman–Crippen MR) is 92.2 cm³/mol. The number of alkyl halides is 3. The second-order valence-corrected chi connectivity index (χ2v) is 5.45. The molecule has 0 fully saturated rings. The number of carbonyl (C=O) groups excluding carboxylic acids is 2. The lowest BCUT2D eigenvalue weighted by Gasteiger charge is -2.09. The zero-order valence-corrected chi connectivity index (χ0v) is 13.5. The molecule has 26 heavy (non-hydrogen) atoms. The van der Waals surface area contributed by atoms with Crippen LogP contribution in [0, 0.1) is 0 Å². The molecule has 0 radical (unpaired) electrons. The molecular weight excluding hydrogens is 345 g/mol. The average molecular weight is 360 g/mol. The largest absolute Gasteiger partial charge is 0.508 e. The minimum atomic E-state index is -4.52. The van der Waals surface area contributed by atoms with Crippen LogP contribution in [-0.4, -0.2) is 16.7 Å². The molecule has 2 aromatic rings. The second kappa shape index (κ2) is 8.29. The molecule has 0 saturated heterocycles. The molecule has 0 bridgehead atoms. The number of hydrogen-bond acceptors (Lipinski definition) is 3. The fourth-order valence-electron chi connectivity index (χ4n) is 2.15. The van der Waals surface area contributed by atoms with Crippen LogP contribution in [-0.2, 0) is 15.8 Å². The van der Waals surface area contributed by atoms with Crippen molar-refractivity contribution in [3.63, 3.8) is 0 Å². The van der Waals surface area contributed by atoms with E-state index in [1.165, 1.54) is 42.5 Å². The van der Waals surface area contributed by atoms with Gasteiger partial charge in [0.25, 0.3) is 0 Å². The summed E-state index contributed by atoms with van der Waals surface area (Å²) in [5, 5.41) is 9.16. The van der Waals surface area contributed by atoms with Crippen molar-refractivity contribution < 1.29 is 27.9 Å². The molecule has 134 valence electrons. The summed E-state index contributed by atoms with van der Waals surface area (Å²) in [5.74, 6) is -0.980. The predicted octanol–water partition coefficient (Wildman–Crippen LogP) is 4.67. The number of halogens is 3. The lowest BCUT2D eigenvalue weighted by atomic mass is 10.1. The van der Waals surface area contributed by atoms with Crippen LogP contribution in [0.3, 0.4) is 0 Å². The summed E-state index contributed by atoms with van der Waals surface area (Å²) in [4.78, 5) is 23.5. The van der Waals surface area contributed by atoms with E-state index >= 15 is 0 Å². The molecule has 0 spiro atoms. The third kappa shape index (κ3) is 5.73. The van der Waals surface area contributed by atoms with Crippen LogP contribution >= 0.6 is 0 Å². The maximum atomic E-state index is 12.9. The molecular formula is C20H15F3O3. The van der Waals surface area contributed by atoms with Crippen molar-refractivity contribution >= 4 is 23.7 Å². The van der Waals surface area contributed by atoms with E-state index in [9.17, 15) is 22.8 Å². The van der Waals surface area contributed by atoms with Crippen LogP contribution in [0.2, 0.25) is 0 Å². The molecule has 0 atom stereocenters. The maximum absolute atomic E-state index is 12.9. The van der Waals surface area contributed by atoms with Gasteiger partial charge in [-0.15, -0.1) is 0 Å². The topological polar surface area (TPSA) is 54.4 Å². The Hall–Kier alpha value is -3.15. The fraction of sp³-hybridized carbons (Fsp3) is 0.100. The smallest absolute Gasteiger partial charge is 0.416 e. The van der Waals surface area contributed by atoms with Crippen molar-refractivity contribution in [2.24, 2.45) is 0 Å². The summed E-state index contributed by atoms with van der Waals surface area (Å²) in [5.41, 5.74) is -0.318. The molecule has 1 N–H and O–H groups in total. The van der Waals surface area contributed by atoms with Gasteiger partial charge in [-0.2, -0.15) is 13.2 Å². The summed E-state index contributed by atoms with van der Waals surface area (Å²) < 4.78 is 38.6. The highest BCUT2D eigenvalue weighted by Gasteiger charge is 2.32. The number of phenolic OH excluding ortho intramolecular Hbond substituents is 1. The van der Waals surface area contributed by atoms with Crippen LogP contribution in [0.4, 0.5) is 13.2 Å². The minimum Gasteiger partial charge on any atom is -0.508 e. The molecule has 0 aromatic heterocycles.